The van der Waals surface area contributed by atoms with Crippen LogP contribution in [0, 0.1) is 0 Å². The maximum absolute atomic E-state index is 12.7. The lowest BCUT2D eigenvalue weighted by atomic mass is 10.1. The maximum Gasteiger partial charge on any atom is 0.217 e. The molecule has 2 fully saturated rings. The molecule has 8 heteroatoms. The summed E-state index contributed by atoms with van der Waals surface area (Å²) < 4.78 is 49.9. The van der Waals surface area contributed by atoms with Crippen LogP contribution in [0.1, 0.15) is 38.5 Å². The minimum Gasteiger partial charge on any atom is -0.329 e. The van der Waals surface area contributed by atoms with Crippen LogP contribution in [0.4, 0.5) is 0 Å². The van der Waals surface area contributed by atoms with Gasteiger partial charge in [0, 0.05) is 19.1 Å². The Bertz CT molecular complexity index is 516. The molecule has 0 bridgehead atoms. The van der Waals surface area contributed by atoms with Gasteiger partial charge >= 0.3 is 0 Å². The summed E-state index contributed by atoms with van der Waals surface area (Å²) in [6.07, 6.45) is 4.15. The SMILES string of the molecule is NCC1CCCCCN1S(=O)(=O)C1CCS(=O)(=O)CC1. The molecule has 6 nitrogen and oxygen atoms in total. The molecule has 2 N–H and O–H groups in total. The molecule has 2 aliphatic heterocycles. The van der Waals surface area contributed by atoms with Gasteiger partial charge in [-0.15, -0.1) is 0 Å². The van der Waals surface area contributed by atoms with Crippen molar-refractivity contribution >= 4 is 19.9 Å². The first-order valence-corrected chi connectivity index (χ1v) is 10.6. The van der Waals surface area contributed by atoms with E-state index in [0.29, 0.717) is 13.1 Å². The van der Waals surface area contributed by atoms with Crippen LogP contribution in [0.2, 0.25) is 0 Å². The van der Waals surface area contributed by atoms with E-state index in [2.05, 4.69) is 0 Å². The highest BCUT2D eigenvalue weighted by molar-refractivity contribution is 7.92. The van der Waals surface area contributed by atoms with E-state index in [1.807, 2.05) is 0 Å². The maximum atomic E-state index is 12.7. The molecule has 2 heterocycles. The summed E-state index contributed by atoms with van der Waals surface area (Å²) in [4.78, 5) is 0. The van der Waals surface area contributed by atoms with Gasteiger partial charge in [-0.2, -0.15) is 4.31 Å². The zero-order valence-corrected chi connectivity index (χ0v) is 13.3. The van der Waals surface area contributed by atoms with Crippen molar-refractivity contribution < 1.29 is 16.8 Å². The Morgan fingerprint density at radius 2 is 1.70 bits per heavy atom. The number of sulfonamides is 1. The molecule has 0 aromatic heterocycles. The van der Waals surface area contributed by atoms with E-state index in [4.69, 9.17) is 5.73 Å². The third-order valence-corrected chi connectivity index (χ3v) is 8.51. The van der Waals surface area contributed by atoms with Crippen LogP contribution < -0.4 is 5.73 Å². The molecule has 2 saturated heterocycles. The number of hydrogen-bond donors (Lipinski definition) is 1. The fraction of sp³-hybridized carbons (Fsp3) is 1.00. The lowest BCUT2D eigenvalue weighted by Crippen LogP contribution is -2.49. The van der Waals surface area contributed by atoms with E-state index < -0.39 is 25.1 Å². The molecule has 2 rings (SSSR count). The van der Waals surface area contributed by atoms with E-state index in [1.54, 1.807) is 4.31 Å². The van der Waals surface area contributed by atoms with Crippen LogP contribution in [0.5, 0.6) is 0 Å². The van der Waals surface area contributed by atoms with Crippen LogP contribution in [0.15, 0.2) is 0 Å². The van der Waals surface area contributed by atoms with Crippen molar-refractivity contribution in [3.05, 3.63) is 0 Å². The fourth-order valence-electron chi connectivity index (χ4n) is 3.08. The number of sulfone groups is 1. The standard InChI is InChI=1S/C12H24N2O4S2/c13-10-11-4-2-1-3-7-14(11)20(17,18)12-5-8-19(15,16)9-6-12/h11-12H,1-10,13H2. The number of nitrogens with zero attached hydrogens (tertiary/aromatic N) is 1. The van der Waals surface area contributed by atoms with E-state index in [-0.39, 0.29) is 30.4 Å². The van der Waals surface area contributed by atoms with Crippen molar-refractivity contribution in [3.8, 4) is 0 Å². The molecule has 0 spiro atoms. The van der Waals surface area contributed by atoms with Crippen molar-refractivity contribution in [1.82, 2.24) is 4.31 Å². The first-order chi connectivity index (χ1) is 9.37. The van der Waals surface area contributed by atoms with Gasteiger partial charge in [-0.05, 0) is 25.7 Å². The van der Waals surface area contributed by atoms with Crippen molar-refractivity contribution in [2.24, 2.45) is 5.73 Å². The van der Waals surface area contributed by atoms with Crippen molar-refractivity contribution in [1.29, 1.82) is 0 Å². The molecular formula is C12H24N2O4S2. The molecule has 20 heavy (non-hydrogen) atoms. The summed E-state index contributed by atoms with van der Waals surface area (Å²) in [6.45, 7) is 0.859. The van der Waals surface area contributed by atoms with Crippen LogP contribution in [-0.4, -0.2) is 57.0 Å². The minimum absolute atomic E-state index is 0.0158. The molecule has 0 aromatic rings. The predicted molar refractivity (Wildman–Crippen MR) is 78.6 cm³/mol. The normalized spacial score (nSPS) is 29.9. The van der Waals surface area contributed by atoms with E-state index >= 15 is 0 Å². The summed E-state index contributed by atoms with van der Waals surface area (Å²) in [5.41, 5.74) is 5.73. The second-order valence-electron chi connectivity index (χ2n) is 5.75. The zero-order valence-electron chi connectivity index (χ0n) is 11.7. The molecule has 2 aliphatic rings. The van der Waals surface area contributed by atoms with Crippen molar-refractivity contribution in [3.63, 3.8) is 0 Å². The number of nitrogens with two attached hydrogens (primary N) is 1. The molecular weight excluding hydrogens is 300 g/mol. The Morgan fingerprint density at radius 3 is 2.30 bits per heavy atom. The molecule has 0 radical (unpaired) electrons. The van der Waals surface area contributed by atoms with E-state index in [0.717, 1.165) is 25.7 Å². The van der Waals surface area contributed by atoms with E-state index in [9.17, 15) is 16.8 Å². The van der Waals surface area contributed by atoms with Gasteiger partial charge < -0.3 is 5.73 Å². The third kappa shape index (κ3) is 3.52. The van der Waals surface area contributed by atoms with Crippen LogP contribution >= 0.6 is 0 Å². The summed E-state index contributed by atoms with van der Waals surface area (Å²) >= 11 is 0. The average Bonchev–Trinajstić information content (AvgIpc) is 2.63. The van der Waals surface area contributed by atoms with Gasteiger partial charge in [0.25, 0.3) is 0 Å². The van der Waals surface area contributed by atoms with Gasteiger partial charge in [0.05, 0.1) is 16.8 Å². The molecule has 0 aliphatic carbocycles. The van der Waals surface area contributed by atoms with Gasteiger partial charge in [-0.25, -0.2) is 16.8 Å². The molecule has 0 aromatic carbocycles. The summed E-state index contributed by atoms with van der Waals surface area (Å²) in [5.74, 6) is -0.0317. The average molecular weight is 324 g/mol. The van der Waals surface area contributed by atoms with Crippen LogP contribution in [0.3, 0.4) is 0 Å². The van der Waals surface area contributed by atoms with Crippen molar-refractivity contribution in [2.45, 2.75) is 49.8 Å². The van der Waals surface area contributed by atoms with Crippen LogP contribution in [-0.2, 0) is 19.9 Å². The lowest BCUT2D eigenvalue weighted by molar-refractivity contribution is 0.322. The largest absolute Gasteiger partial charge is 0.329 e. The fourth-order valence-corrected chi connectivity index (χ4v) is 7.07. The van der Waals surface area contributed by atoms with Gasteiger partial charge in [-0.1, -0.05) is 12.8 Å². The zero-order chi connectivity index (χ0) is 14.8. The Kier molecular flexibility index (Phi) is 5.09. The highest BCUT2D eigenvalue weighted by atomic mass is 32.2. The predicted octanol–water partition coefficient (Wildman–Crippen LogP) is 0.0967. The van der Waals surface area contributed by atoms with Crippen LogP contribution in [0.25, 0.3) is 0 Å². The minimum atomic E-state index is -3.43. The Balaban J connectivity index is 2.16. The van der Waals surface area contributed by atoms with Gasteiger partial charge in [-0.3, -0.25) is 0 Å². The lowest BCUT2D eigenvalue weighted by Gasteiger charge is -2.33. The second-order valence-corrected chi connectivity index (χ2v) is 10.2. The Labute approximate surface area is 121 Å². The summed E-state index contributed by atoms with van der Waals surface area (Å²) in [6, 6.07) is -0.124. The second kappa shape index (κ2) is 6.29. The summed E-state index contributed by atoms with van der Waals surface area (Å²) in [5, 5.41) is -0.557. The third-order valence-electron chi connectivity index (χ3n) is 4.34. The number of hydrogen-bond acceptors (Lipinski definition) is 5. The molecule has 0 saturated carbocycles. The quantitative estimate of drug-likeness (QED) is 0.794. The monoisotopic (exact) mass is 324 g/mol. The Morgan fingerprint density at radius 1 is 1.05 bits per heavy atom. The van der Waals surface area contributed by atoms with Crippen molar-refractivity contribution in [2.75, 3.05) is 24.6 Å². The first-order valence-electron chi connectivity index (χ1n) is 7.28. The molecule has 118 valence electrons. The molecule has 0 amide bonds. The van der Waals surface area contributed by atoms with Gasteiger partial charge in [0.15, 0.2) is 0 Å². The van der Waals surface area contributed by atoms with Gasteiger partial charge in [0.1, 0.15) is 9.84 Å². The number of rotatable bonds is 3. The highest BCUT2D eigenvalue weighted by Crippen LogP contribution is 2.27. The first kappa shape index (κ1) is 16.2. The Hall–Kier alpha value is -0.180. The smallest absolute Gasteiger partial charge is 0.217 e. The molecule has 1 unspecified atom stereocenters. The summed E-state index contributed by atoms with van der Waals surface area (Å²) in [7, 11) is -6.47. The molecule has 1 atom stereocenters. The van der Waals surface area contributed by atoms with E-state index in [1.165, 1.54) is 0 Å². The topological polar surface area (TPSA) is 97.5 Å². The van der Waals surface area contributed by atoms with Gasteiger partial charge in [0.2, 0.25) is 10.0 Å². The highest BCUT2D eigenvalue weighted by Gasteiger charge is 2.39.